The Bertz CT molecular complexity index is 378. The van der Waals surface area contributed by atoms with Crippen molar-refractivity contribution in [2.75, 3.05) is 0 Å². The first-order chi connectivity index (χ1) is 6.42. The summed E-state index contributed by atoms with van der Waals surface area (Å²) < 4.78 is 2.05. The molecule has 0 spiro atoms. The van der Waals surface area contributed by atoms with Crippen LogP contribution >= 0.6 is 0 Å². The number of hydrogen-bond acceptors (Lipinski definition) is 2. The maximum atomic E-state index is 4.25. The van der Waals surface area contributed by atoms with E-state index >= 15 is 0 Å². The van der Waals surface area contributed by atoms with Crippen LogP contribution in [0.4, 0.5) is 0 Å². The van der Waals surface area contributed by atoms with Crippen LogP contribution in [0.15, 0.2) is 36.9 Å². The third-order valence-corrected chi connectivity index (χ3v) is 1.96. The zero-order chi connectivity index (χ0) is 9.10. The van der Waals surface area contributed by atoms with Crippen LogP contribution in [-0.2, 0) is 6.42 Å². The van der Waals surface area contributed by atoms with Gasteiger partial charge in [0.05, 0.1) is 11.9 Å². The van der Waals surface area contributed by atoms with Gasteiger partial charge in [-0.15, -0.1) is 0 Å². The van der Waals surface area contributed by atoms with Crippen LogP contribution in [0, 0.1) is 0 Å². The fourth-order valence-electron chi connectivity index (χ4n) is 1.33. The first kappa shape index (κ1) is 7.98. The second-order valence-corrected chi connectivity index (χ2v) is 2.78. The van der Waals surface area contributed by atoms with Gasteiger partial charge in [-0.3, -0.25) is 4.98 Å². The van der Waals surface area contributed by atoms with Crippen LogP contribution in [0.3, 0.4) is 0 Å². The van der Waals surface area contributed by atoms with Gasteiger partial charge in [0.15, 0.2) is 0 Å². The van der Waals surface area contributed by atoms with Gasteiger partial charge in [0, 0.05) is 25.0 Å². The van der Waals surface area contributed by atoms with Gasteiger partial charge in [-0.25, -0.2) is 4.98 Å². The van der Waals surface area contributed by atoms with Crippen molar-refractivity contribution < 1.29 is 0 Å². The van der Waals surface area contributed by atoms with Crippen LogP contribution < -0.4 is 0 Å². The fourth-order valence-corrected chi connectivity index (χ4v) is 1.33. The summed E-state index contributed by atoms with van der Waals surface area (Å²) in [5, 5.41) is 0. The zero-order valence-corrected chi connectivity index (χ0v) is 7.51. The number of aryl methyl sites for hydroxylation is 1. The van der Waals surface area contributed by atoms with E-state index in [-0.39, 0.29) is 0 Å². The van der Waals surface area contributed by atoms with E-state index in [1.165, 1.54) is 0 Å². The van der Waals surface area contributed by atoms with Gasteiger partial charge in [-0.1, -0.05) is 6.92 Å². The Morgan fingerprint density at radius 2 is 2.31 bits per heavy atom. The topological polar surface area (TPSA) is 30.7 Å². The number of imidazole rings is 1. The molecular formula is C10H11N3. The van der Waals surface area contributed by atoms with Crippen LogP contribution in [0.5, 0.6) is 0 Å². The van der Waals surface area contributed by atoms with Crippen molar-refractivity contribution in [3.63, 3.8) is 0 Å². The smallest absolute Gasteiger partial charge is 0.112 e. The third-order valence-electron chi connectivity index (χ3n) is 1.96. The molecule has 2 heterocycles. The summed E-state index contributed by atoms with van der Waals surface area (Å²) in [5.74, 6) is 1.06. The quantitative estimate of drug-likeness (QED) is 0.693. The van der Waals surface area contributed by atoms with Crippen molar-refractivity contribution in [3.05, 3.63) is 42.7 Å². The average Bonchev–Trinajstić information content (AvgIpc) is 2.67. The molecule has 0 fully saturated rings. The minimum absolute atomic E-state index is 0.932. The van der Waals surface area contributed by atoms with Gasteiger partial charge in [0.2, 0.25) is 0 Å². The summed E-state index contributed by atoms with van der Waals surface area (Å²) >= 11 is 0. The van der Waals surface area contributed by atoms with Gasteiger partial charge in [0.1, 0.15) is 5.82 Å². The van der Waals surface area contributed by atoms with Gasteiger partial charge in [0.25, 0.3) is 0 Å². The average molecular weight is 173 g/mol. The summed E-state index contributed by atoms with van der Waals surface area (Å²) in [5.41, 5.74) is 1.07. The van der Waals surface area contributed by atoms with Crippen LogP contribution in [-0.4, -0.2) is 14.5 Å². The number of aromatic nitrogens is 3. The lowest BCUT2D eigenvalue weighted by atomic mass is 10.4. The maximum Gasteiger partial charge on any atom is 0.112 e. The SMILES string of the molecule is CCc1nccn1-c1cccnc1. The highest BCUT2D eigenvalue weighted by molar-refractivity contribution is 5.29. The largest absolute Gasteiger partial charge is 0.302 e. The summed E-state index contributed by atoms with van der Waals surface area (Å²) in [7, 11) is 0. The predicted molar refractivity (Wildman–Crippen MR) is 50.7 cm³/mol. The second-order valence-electron chi connectivity index (χ2n) is 2.78. The minimum atomic E-state index is 0.932. The van der Waals surface area contributed by atoms with Gasteiger partial charge in [-0.05, 0) is 12.1 Å². The number of pyridine rings is 1. The van der Waals surface area contributed by atoms with E-state index in [0.29, 0.717) is 0 Å². The summed E-state index contributed by atoms with van der Waals surface area (Å²) in [6, 6.07) is 3.95. The molecule has 0 aromatic carbocycles. The van der Waals surface area contributed by atoms with Crippen molar-refractivity contribution in [2.45, 2.75) is 13.3 Å². The third kappa shape index (κ3) is 1.45. The van der Waals surface area contributed by atoms with E-state index in [1.807, 2.05) is 35.3 Å². The molecule has 0 atom stereocenters. The lowest BCUT2D eigenvalue weighted by Gasteiger charge is -2.04. The summed E-state index contributed by atoms with van der Waals surface area (Å²) in [6.45, 7) is 2.09. The molecule has 0 unspecified atom stereocenters. The highest BCUT2D eigenvalue weighted by atomic mass is 15.1. The first-order valence-electron chi connectivity index (χ1n) is 4.34. The molecule has 13 heavy (non-hydrogen) atoms. The zero-order valence-electron chi connectivity index (χ0n) is 7.51. The van der Waals surface area contributed by atoms with Crippen molar-refractivity contribution in [3.8, 4) is 5.69 Å². The molecular weight excluding hydrogens is 162 g/mol. The molecule has 2 rings (SSSR count). The Balaban J connectivity index is 2.47. The normalized spacial score (nSPS) is 10.2. The lowest BCUT2D eigenvalue weighted by molar-refractivity contribution is 0.887. The molecule has 0 bridgehead atoms. The highest BCUT2D eigenvalue weighted by Crippen LogP contribution is 2.08. The molecule has 0 saturated heterocycles. The molecule has 0 radical (unpaired) electrons. The molecule has 0 amide bonds. The summed E-state index contributed by atoms with van der Waals surface area (Å²) in [4.78, 5) is 8.31. The molecule has 66 valence electrons. The van der Waals surface area contributed by atoms with E-state index in [1.54, 1.807) is 6.20 Å². The van der Waals surface area contributed by atoms with Crippen molar-refractivity contribution in [1.29, 1.82) is 0 Å². The Morgan fingerprint density at radius 1 is 1.38 bits per heavy atom. The Hall–Kier alpha value is -1.64. The second kappa shape index (κ2) is 3.39. The first-order valence-corrected chi connectivity index (χ1v) is 4.34. The van der Waals surface area contributed by atoms with Crippen LogP contribution in [0.1, 0.15) is 12.7 Å². The Kier molecular flexibility index (Phi) is 2.08. The molecule has 3 heteroatoms. The van der Waals surface area contributed by atoms with Crippen molar-refractivity contribution >= 4 is 0 Å². The molecule has 3 nitrogen and oxygen atoms in total. The Labute approximate surface area is 77.1 Å². The van der Waals surface area contributed by atoms with E-state index in [9.17, 15) is 0 Å². The fraction of sp³-hybridized carbons (Fsp3) is 0.200. The van der Waals surface area contributed by atoms with Crippen LogP contribution in [0.2, 0.25) is 0 Å². The Morgan fingerprint density at radius 3 is 3.00 bits per heavy atom. The molecule has 2 aromatic heterocycles. The monoisotopic (exact) mass is 173 g/mol. The molecule has 0 aliphatic carbocycles. The molecule has 0 N–H and O–H groups in total. The van der Waals surface area contributed by atoms with E-state index in [2.05, 4.69) is 16.9 Å². The molecule has 0 saturated carbocycles. The number of rotatable bonds is 2. The lowest BCUT2D eigenvalue weighted by Crippen LogP contribution is -1.98. The highest BCUT2D eigenvalue weighted by Gasteiger charge is 2.00. The van der Waals surface area contributed by atoms with Gasteiger partial charge >= 0.3 is 0 Å². The molecule has 0 aliphatic rings. The molecule has 2 aromatic rings. The van der Waals surface area contributed by atoms with Gasteiger partial charge < -0.3 is 4.57 Å². The predicted octanol–water partition coefficient (Wildman–Crippen LogP) is 1.83. The minimum Gasteiger partial charge on any atom is -0.302 e. The number of hydrogen-bond donors (Lipinski definition) is 0. The van der Waals surface area contributed by atoms with Crippen molar-refractivity contribution in [1.82, 2.24) is 14.5 Å². The molecule has 0 aliphatic heterocycles. The van der Waals surface area contributed by atoms with Crippen molar-refractivity contribution in [2.24, 2.45) is 0 Å². The number of nitrogens with zero attached hydrogens (tertiary/aromatic N) is 3. The van der Waals surface area contributed by atoms with E-state index < -0.39 is 0 Å². The standard InChI is InChI=1S/C10H11N3/c1-2-10-12-6-7-13(10)9-4-3-5-11-8-9/h3-8H,2H2,1H3. The summed E-state index contributed by atoms with van der Waals surface area (Å²) in [6.07, 6.45) is 8.30. The van der Waals surface area contributed by atoms with Crippen LogP contribution in [0.25, 0.3) is 5.69 Å². The maximum absolute atomic E-state index is 4.25. The van der Waals surface area contributed by atoms with Gasteiger partial charge in [-0.2, -0.15) is 0 Å². The van der Waals surface area contributed by atoms with E-state index in [0.717, 1.165) is 17.9 Å². The van der Waals surface area contributed by atoms with E-state index in [4.69, 9.17) is 0 Å².